The van der Waals surface area contributed by atoms with Crippen molar-refractivity contribution in [3.05, 3.63) is 12.1 Å². The van der Waals surface area contributed by atoms with Crippen LogP contribution in [-0.4, -0.2) is 39.0 Å². The second kappa shape index (κ2) is 6.02. The number of piperidine rings is 1. The molecule has 0 radical (unpaired) electrons. The Kier molecular flexibility index (Phi) is 4.37. The number of methoxy groups -OCH3 is 2. The number of aliphatic hydroxyl groups is 1. The first-order chi connectivity index (χ1) is 9.19. The van der Waals surface area contributed by atoms with Gasteiger partial charge < -0.3 is 25.2 Å². The van der Waals surface area contributed by atoms with Gasteiger partial charge in [-0.05, 0) is 18.8 Å². The van der Waals surface area contributed by atoms with E-state index < -0.39 is 0 Å². The Bertz CT molecular complexity index is 429. The van der Waals surface area contributed by atoms with E-state index in [0.717, 1.165) is 31.6 Å². The maximum atomic E-state index is 9.17. The summed E-state index contributed by atoms with van der Waals surface area (Å²) in [4.78, 5) is 2.24. The van der Waals surface area contributed by atoms with Gasteiger partial charge in [0.2, 0.25) is 0 Å². The third kappa shape index (κ3) is 2.87. The quantitative estimate of drug-likeness (QED) is 0.808. The van der Waals surface area contributed by atoms with Gasteiger partial charge >= 0.3 is 0 Å². The molecule has 0 unspecified atom stereocenters. The molecule has 3 N–H and O–H groups in total. The summed E-state index contributed by atoms with van der Waals surface area (Å²) >= 11 is 0. The second-order valence-electron chi connectivity index (χ2n) is 4.88. The number of rotatable bonds is 4. The highest BCUT2D eigenvalue weighted by Crippen LogP contribution is 2.38. The van der Waals surface area contributed by atoms with Gasteiger partial charge in [0, 0.05) is 31.8 Å². The lowest BCUT2D eigenvalue weighted by molar-refractivity contribution is 0.203. The van der Waals surface area contributed by atoms with Crippen LogP contribution in [0.1, 0.15) is 12.8 Å². The van der Waals surface area contributed by atoms with Gasteiger partial charge in [-0.2, -0.15) is 0 Å². The molecule has 5 heteroatoms. The first kappa shape index (κ1) is 13.8. The lowest BCUT2D eigenvalue weighted by Crippen LogP contribution is -2.35. The predicted molar refractivity (Wildman–Crippen MR) is 76.0 cm³/mol. The zero-order chi connectivity index (χ0) is 13.8. The Hall–Kier alpha value is -1.62. The van der Waals surface area contributed by atoms with E-state index in [2.05, 4.69) is 4.90 Å². The largest absolute Gasteiger partial charge is 0.493 e. The molecule has 0 spiro atoms. The van der Waals surface area contributed by atoms with Crippen LogP contribution in [-0.2, 0) is 0 Å². The topological polar surface area (TPSA) is 68.0 Å². The van der Waals surface area contributed by atoms with Gasteiger partial charge in [0.25, 0.3) is 0 Å². The average Bonchev–Trinajstić information content (AvgIpc) is 2.47. The van der Waals surface area contributed by atoms with Crippen LogP contribution in [0.4, 0.5) is 11.4 Å². The van der Waals surface area contributed by atoms with Crippen LogP contribution >= 0.6 is 0 Å². The Morgan fingerprint density at radius 2 is 1.79 bits per heavy atom. The van der Waals surface area contributed by atoms with Crippen LogP contribution in [0.2, 0.25) is 0 Å². The number of aliphatic hydroxyl groups excluding tert-OH is 1. The molecule has 0 aromatic heterocycles. The minimum absolute atomic E-state index is 0.273. The molecule has 0 atom stereocenters. The highest BCUT2D eigenvalue weighted by molar-refractivity contribution is 5.73. The summed E-state index contributed by atoms with van der Waals surface area (Å²) in [7, 11) is 3.22. The molecule has 1 aromatic carbocycles. The van der Waals surface area contributed by atoms with E-state index in [1.54, 1.807) is 20.3 Å². The molecule has 1 saturated heterocycles. The number of benzene rings is 1. The Labute approximate surface area is 113 Å². The fourth-order valence-electron chi connectivity index (χ4n) is 2.51. The number of anilines is 2. The number of nitrogens with zero attached hydrogens (tertiary/aromatic N) is 1. The number of nitrogens with two attached hydrogens (primary N) is 1. The van der Waals surface area contributed by atoms with Crippen LogP contribution in [0, 0.1) is 5.92 Å². The summed E-state index contributed by atoms with van der Waals surface area (Å²) < 4.78 is 10.6. The van der Waals surface area contributed by atoms with Crippen molar-refractivity contribution in [2.45, 2.75) is 12.8 Å². The monoisotopic (exact) mass is 266 g/mol. The lowest BCUT2D eigenvalue weighted by Gasteiger charge is -2.33. The molecule has 1 aliphatic rings. The highest BCUT2D eigenvalue weighted by Gasteiger charge is 2.21. The molecular formula is C14H22N2O3. The van der Waals surface area contributed by atoms with Crippen LogP contribution in [0.25, 0.3) is 0 Å². The predicted octanol–water partition coefficient (Wildman–Crippen LogP) is 1.49. The smallest absolute Gasteiger partial charge is 0.162 e. The molecule has 0 aliphatic carbocycles. The third-order valence-electron chi connectivity index (χ3n) is 3.75. The summed E-state index contributed by atoms with van der Waals surface area (Å²) in [5, 5.41) is 9.17. The van der Waals surface area contributed by atoms with E-state index in [9.17, 15) is 5.11 Å². The second-order valence-corrected chi connectivity index (χ2v) is 4.88. The molecule has 0 amide bonds. The third-order valence-corrected chi connectivity index (χ3v) is 3.75. The molecule has 1 aromatic rings. The van der Waals surface area contributed by atoms with Gasteiger partial charge in [-0.3, -0.25) is 0 Å². The first-order valence-corrected chi connectivity index (χ1v) is 6.57. The fraction of sp³-hybridized carbons (Fsp3) is 0.571. The van der Waals surface area contributed by atoms with Gasteiger partial charge in [-0.15, -0.1) is 0 Å². The first-order valence-electron chi connectivity index (χ1n) is 6.57. The van der Waals surface area contributed by atoms with Gasteiger partial charge in [-0.1, -0.05) is 0 Å². The van der Waals surface area contributed by atoms with Crippen LogP contribution in [0.15, 0.2) is 12.1 Å². The number of hydrogen-bond donors (Lipinski definition) is 2. The average molecular weight is 266 g/mol. The molecule has 19 heavy (non-hydrogen) atoms. The molecule has 0 saturated carbocycles. The number of ether oxygens (including phenoxy) is 2. The molecular weight excluding hydrogens is 244 g/mol. The van der Waals surface area contributed by atoms with Crippen molar-refractivity contribution in [2.75, 3.05) is 44.5 Å². The van der Waals surface area contributed by atoms with Gasteiger partial charge in [0.15, 0.2) is 11.5 Å². The van der Waals surface area contributed by atoms with E-state index in [1.165, 1.54) is 0 Å². The summed E-state index contributed by atoms with van der Waals surface area (Å²) in [5.74, 6) is 1.75. The summed E-state index contributed by atoms with van der Waals surface area (Å²) in [6, 6.07) is 3.72. The molecule has 5 nitrogen and oxygen atoms in total. The zero-order valence-corrected chi connectivity index (χ0v) is 11.6. The minimum atomic E-state index is 0.273. The van der Waals surface area contributed by atoms with Gasteiger partial charge in [-0.25, -0.2) is 0 Å². The summed E-state index contributed by atoms with van der Waals surface area (Å²) in [5.41, 5.74) is 7.77. The van der Waals surface area contributed by atoms with Crippen LogP contribution in [0.5, 0.6) is 11.5 Å². The number of hydrogen-bond acceptors (Lipinski definition) is 5. The Morgan fingerprint density at radius 1 is 1.21 bits per heavy atom. The Morgan fingerprint density at radius 3 is 2.32 bits per heavy atom. The molecule has 0 bridgehead atoms. The zero-order valence-electron chi connectivity index (χ0n) is 11.6. The van der Waals surface area contributed by atoms with Crippen molar-refractivity contribution in [3.8, 4) is 11.5 Å². The minimum Gasteiger partial charge on any atom is -0.493 e. The lowest BCUT2D eigenvalue weighted by atomic mass is 9.97. The van der Waals surface area contributed by atoms with E-state index in [1.807, 2.05) is 6.07 Å². The van der Waals surface area contributed by atoms with Gasteiger partial charge in [0.1, 0.15) is 0 Å². The molecule has 1 fully saturated rings. The van der Waals surface area contributed by atoms with E-state index in [-0.39, 0.29) is 6.61 Å². The molecule has 1 aliphatic heterocycles. The van der Waals surface area contributed by atoms with E-state index in [4.69, 9.17) is 15.2 Å². The highest BCUT2D eigenvalue weighted by atomic mass is 16.5. The molecule has 1 heterocycles. The maximum Gasteiger partial charge on any atom is 0.162 e. The Balaban J connectivity index is 2.20. The van der Waals surface area contributed by atoms with Gasteiger partial charge in [0.05, 0.1) is 25.6 Å². The van der Waals surface area contributed by atoms with Crippen LogP contribution < -0.4 is 20.1 Å². The SMILES string of the molecule is COc1cc(N)c(N2CCC(CO)CC2)cc1OC. The number of nitrogen functional groups attached to an aromatic ring is 1. The van der Waals surface area contributed by atoms with E-state index in [0.29, 0.717) is 23.1 Å². The maximum absolute atomic E-state index is 9.17. The normalized spacial score (nSPS) is 16.5. The summed E-state index contributed by atoms with van der Waals surface area (Å²) in [6.45, 7) is 2.09. The van der Waals surface area contributed by atoms with Crippen LogP contribution in [0.3, 0.4) is 0 Å². The van der Waals surface area contributed by atoms with Crippen molar-refractivity contribution >= 4 is 11.4 Å². The van der Waals surface area contributed by atoms with Crippen molar-refractivity contribution in [1.29, 1.82) is 0 Å². The standard InChI is InChI=1S/C14H22N2O3/c1-18-13-7-11(15)12(8-14(13)19-2)16-5-3-10(9-17)4-6-16/h7-8,10,17H,3-6,9,15H2,1-2H3. The van der Waals surface area contributed by atoms with Crippen molar-refractivity contribution in [2.24, 2.45) is 5.92 Å². The van der Waals surface area contributed by atoms with Crippen molar-refractivity contribution in [3.63, 3.8) is 0 Å². The molecule has 2 rings (SSSR count). The molecule has 106 valence electrons. The van der Waals surface area contributed by atoms with Crippen molar-refractivity contribution in [1.82, 2.24) is 0 Å². The fourth-order valence-corrected chi connectivity index (χ4v) is 2.51. The van der Waals surface area contributed by atoms with Crippen molar-refractivity contribution < 1.29 is 14.6 Å². The summed E-state index contributed by atoms with van der Waals surface area (Å²) in [6.07, 6.45) is 1.98. The van der Waals surface area contributed by atoms with E-state index >= 15 is 0 Å².